The highest BCUT2D eigenvalue weighted by Crippen LogP contribution is 2.21. The van der Waals surface area contributed by atoms with E-state index in [1.807, 2.05) is 6.92 Å². The van der Waals surface area contributed by atoms with Crippen LogP contribution in [0.5, 0.6) is 0 Å². The van der Waals surface area contributed by atoms with Crippen molar-refractivity contribution in [2.45, 2.75) is 44.8 Å². The number of H-pyrrole nitrogens is 1. The van der Waals surface area contributed by atoms with Crippen molar-refractivity contribution < 1.29 is 14.7 Å². The Morgan fingerprint density at radius 3 is 3.05 bits per heavy atom. The molecule has 7 nitrogen and oxygen atoms in total. The third kappa shape index (κ3) is 2.60. The number of fused-ring (bicyclic) bond motifs is 1. The van der Waals surface area contributed by atoms with Crippen LogP contribution in [0.2, 0.25) is 0 Å². The van der Waals surface area contributed by atoms with Gasteiger partial charge in [-0.25, -0.2) is 9.78 Å². The average molecular weight is 266 g/mol. The highest BCUT2D eigenvalue weighted by atomic mass is 16.4. The molecule has 2 atom stereocenters. The van der Waals surface area contributed by atoms with Gasteiger partial charge in [-0.2, -0.15) is 0 Å². The van der Waals surface area contributed by atoms with Crippen molar-refractivity contribution >= 4 is 11.9 Å². The largest absolute Gasteiger partial charge is 0.480 e. The van der Waals surface area contributed by atoms with E-state index in [9.17, 15) is 14.7 Å². The second-order valence-corrected chi connectivity index (χ2v) is 4.75. The molecule has 0 aliphatic carbocycles. The summed E-state index contributed by atoms with van der Waals surface area (Å²) in [5.41, 5.74) is 7.30. The minimum Gasteiger partial charge on any atom is -0.480 e. The lowest BCUT2D eigenvalue weighted by atomic mass is 10.0. The molecule has 0 aromatic carbocycles. The predicted octanol–water partition coefficient (Wildman–Crippen LogP) is -0.125. The zero-order valence-electron chi connectivity index (χ0n) is 10.8. The number of hydrogen-bond acceptors (Lipinski definition) is 4. The Kier molecular flexibility index (Phi) is 3.84. The van der Waals surface area contributed by atoms with Crippen molar-refractivity contribution in [3.63, 3.8) is 0 Å². The first kappa shape index (κ1) is 13.5. The number of aliphatic carboxylic acids is 1. The number of carbonyl (C=O) groups excluding carboxylic acids is 1. The molecule has 1 aromatic heterocycles. The third-order valence-electron chi connectivity index (χ3n) is 3.38. The second-order valence-electron chi connectivity index (χ2n) is 4.75. The molecular formula is C12H18N4O3. The van der Waals surface area contributed by atoms with E-state index in [1.165, 1.54) is 11.2 Å². The van der Waals surface area contributed by atoms with E-state index in [1.54, 1.807) is 0 Å². The fourth-order valence-corrected chi connectivity index (χ4v) is 2.34. The standard InChI is InChI=1S/C12H18N4O3/c1-2-3-7(13)11(17)16-5-9-8(14-6-15-9)4-10(16)12(18)19/h6-7,10H,2-5,13H2,1H3,(H,14,15)(H,18,19)/t7-,10?/m1/s1. The molecule has 1 aromatic rings. The van der Waals surface area contributed by atoms with Crippen LogP contribution in [0.1, 0.15) is 31.2 Å². The number of aromatic nitrogens is 2. The normalized spacial score (nSPS) is 19.9. The Morgan fingerprint density at radius 1 is 1.68 bits per heavy atom. The molecule has 104 valence electrons. The van der Waals surface area contributed by atoms with Crippen LogP contribution in [0.3, 0.4) is 0 Å². The van der Waals surface area contributed by atoms with Crippen LogP contribution in [0, 0.1) is 0 Å². The maximum atomic E-state index is 12.2. The molecule has 1 aliphatic heterocycles. The molecule has 2 heterocycles. The van der Waals surface area contributed by atoms with Crippen molar-refractivity contribution in [1.29, 1.82) is 0 Å². The fraction of sp³-hybridized carbons (Fsp3) is 0.583. The molecule has 4 N–H and O–H groups in total. The van der Waals surface area contributed by atoms with Crippen LogP contribution in [-0.4, -0.2) is 43.9 Å². The van der Waals surface area contributed by atoms with E-state index >= 15 is 0 Å². The summed E-state index contributed by atoms with van der Waals surface area (Å²) in [6.45, 7) is 2.16. The Hall–Kier alpha value is -1.89. The molecule has 0 radical (unpaired) electrons. The number of nitrogens with zero attached hydrogens (tertiary/aromatic N) is 2. The average Bonchev–Trinajstić information content (AvgIpc) is 2.83. The van der Waals surface area contributed by atoms with Gasteiger partial charge >= 0.3 is 5.97 Å². The first-order valence-corrected chi connectivity index (χ1v) is 6.34. The number of carboxylic acid groups (broad SMARTS) is 1. The van der Waals surface area contributed by atoms with Crippen molar-refractivity contribution in [2.24, 2.45) is 5.73 Å². The maximum Gasteiger partial charge on any atom is 0.326 e. The zero-order valence-corrected chi connectivity index (χ0v) is 10.8. The minimum atomic E-state index is -1.02. The van der Waals surface area contributed by atoms with Crippen LogP contribution in [0.25, 0.3) is 0 Å². The van der Waals surface area contributed by atoms with Crippen LogP contribution in [0.15, 0.2) is 6.33 Å². The Labute approximate surface area is 110 Å². The van der Waals surface area contributed by atoms with E-state index in [2.05, 4.69) is 9.97 Å². The first-order valence-electron chi connectivity index (χ1n) is 6.34. The number of rotatable bonds is 4. The summed E-state index contributed by atoms with van der Waals surface area (Å²) >= 11 is 0. The topological polar surface area (TPSA) is 112 Å². The van der Waals surface area contributed by atoms with Gasteiger partial charge in [-0.15, -0.1) is 0 Å². The van der Waals surface area contributed by atoms with E-state index in [0.29, 0.717) is 12.1 Å². The monoisotopic (exact) mass is 266 g/mol. The van der Waals surface area contributed by atoms with E-state index < -0.39 is 18.1 Å². The fourth-order valence-electron chi connectivity index (χ4n) is 2.34. The van der Waals surface area contributed by atoms with Crippen LogP contribution < -0.4 is 5.73 Å². The van der Waals surface area contributed by atoms with Crippen molar-refractivity contribution in [3.05, 3.63) is 17.7 Å². The van der Waals surface area contributed by atoms with Crippen molar-refractivity contribution in [2.75, 3.05) is 0 Å². The van der Waals surface area contributed by atoms with Gasteiger partial charge in [0.2, 0.25) is 5.91 Å². The van der Waals surface area contributed by atoms with Gasteiger partial charge in [-0.05, 0) is 6.42 Å². The molecule has 0 spiro atoms. The Morgan fingerprint density at radius 2 is 2.42 bits per heavy atom. The lowest BCUT2D eigenvalue weighted by Gasteiger charge is -2.34. The lowest BCUT2D eigenvalue weighted by Crippen LogP contribution is -2.53. The summed E-state index contributed by atoms with van der Waals surface area (Å²) in [6.07, 6.45) is 3.08. The molecule has 2 rings (SSSR count). The summed E-state index contributed by atoms with van der Waals surface area (Å²) < 4.78 is 0. The Balaban J connectivity index is 2.22. The predicted molar refractivity (Wildman–Crippen MR) is 67.1 cm³/mol. The summed E-state index contributed by atoms with van der Waals surface area (Å²) in [5, 5.41) is 9.26. The molecule has 19 heavy (non-hydrogen) atoms. The quantitative estimate of drug-likeness (QED) is 0.703. The molecule has 1 aliphatic rings. The van der Waals surface area contributed by atoms with E-state index in [-0.39, 0.29) is 18.9 Å². The number of nitrogens with one attached hydrogen (secondary N) is 1. The number of hydrogen-bond donors (Lipinski definition) is 3. The molecule has 0 saturated heterocycles. The van der Waals surface area contributed by atoms with Crippen LogP contribution in [-0.2, 0) is 22.6 Å². The highest BCUT2D eigenvalue weighted by molar-refractivity contribution is 5.87. The summed E-state index contributed by atoms with van der Waals surface area (Å²) in [6, 6.07) is -1.53. The number of carboxylic acids is 1. The molecule has 1 unspecified atom stereocenters. The zero-order chi connectivity index (χ0) is 14.0. The number of imidazole rings is 1. The van der Waals surface area contributed by atoms with Gasteiger partial charge in [-0.3, -0.25) is 4.79 Å². The molecule has 0 saturated carbocycles. The van der Waals surface area contributed by atoms with Crippen molar-refractivity contribution in [3.8, 4) is 0 Å². The number of nitrogens with two attached hydrogens (primary N) is 1. The van der Waals surface area contributed by atoms with Gasteiger partial charge in [0.25, 0.3) is 0 Å². The number of carbonyl (C=O) groups is 2. The minimum absolute atomic E-state index is 0.221. The first-order chi connectivity index (χ1) is 9.04. The van der Waals surface area contributed by atoms with Crippen molar-refractivity contribution in [1.82, 2.24) is 14.9 Å². The van der Waals surface area contributed by atoms with Crippen LogP contribution in [0.4, 0.5) is 0 Å². The Bertz CT molecular complexity index is 485. The maximum absolute atomic E-state index is 12.2. The van der Waals surface area contributed by atoms with Gasteiger partial charge in [0.15, 0.2) is 0 Å². The van der Waals surface area contributed by atoms with Gasteiger partial charge in [0.1, 0.15) is 6.04 Å². The molecule has 0 fully saturated rings. The third-order valence-corrected chi connectivity index (χ3v) is 3.38. The molecule has 1 amide bonds. The smallest absolute Gasteiger partial charge is 0.326 e. The summed E-state index contributed by atoms with van der Waals surface area (Å²) in [5.74, 6) is -1.33. The second kappa shape index (κ2) is 5.40. The summed E-state index contributed by atoms with van der Waals surface area (Å²) in [7, 11) is 0. The van der Waals surface area contributed by atoms with Gasteiger partial charge in [0, 0.05) is 6.42 Å². The van der Waals surface area contributed by atoms with Crippen LogP contribution >= 0.6 is 0 Å². The number of aromatic amines is 1. The van der Waals surface area contributed by atoms with Gasteiger partial charge < -0.3 is 20.7 Å². The summed E-state index contributed by atoms with van der Waals surface area (Å²) in [4.78, 5) is 31.9. The van der Waals surface area contributed by atoms with E-state index in [0.717, 1.165) is 12.1 Å². The number of amides is 1. The molecule has 7 heteroatoms. The highest BCUT2D eigenvalue weighted by Gasteiger charge is 2.37. The van der Waals surface area contributed by atoms with Gasteiger partial charge in [0.05, 0.1) is 30.3 Å². The molecular weight excluding hydrogens is 248 g/mol. The SMILES string of the molecule is CCC[C@@H](N)C(=O)N1Cc2[nH]cnc2CC1C(=O)O. The lowest BCUT2D eigenvalue weighted by molar-refractivity contribution is -0.152. The molecule has 0 bridgehead atoms. The van der Waals surface area contributed by atoms with Gasteiger partial charge in [-0.1, -0.05) is 13.3 Å². The van der Waals surface area contributed by atoms with E-state index in [4.69, 9.17) is 5.73 Å².